The summed E-state index contributed by atoms with van der Waals surface area (Å²) in [7, 11) is 0. The van der Waals surface area contributed by atoms with E-state index in [1.165, 1.54) is 48.5 Å². The van der Waals surface area contributed by atoms with Gasteiger partial charge in [-0.3, -0.25) is 9.78 Å². The molecule has 32 heavy (non-hydrogen) atoms. The predicted molar refractivity (Wildman–Crippen MR) is 99.8 cm³/mol. The highest BCUT2D eigenvalue weighted by Crippen LogP contribution is 2.42. The molecule has 0 saturated heterocycles. The maximum Gasteiger partial charge on any atom is 0.573 e. The third-order valence-electron chi connectivity index (χ3n) is 4.06. The number of hydrogen-bond donors (Lipinski definition) is 1. The summed E-state index contributed by atoms with van der Waals surface area (Å²) in [5.41, 5.74) is -0.559. The summed E-state index contributed by atoms with van der Waals surface area (Å²) < 4.78 is 85.4. The first-order valence-corrected chi connectivity index (χ1v) is 8.85. The Kier molecular flexibility index (Phi) is 6.28. The molecule has 0 unspecified atom stereocenters. The van der Waals surface area contributed by atoms with Crippen LogP contribution in [0.5, 0.6) is 11.5 Å². The van der Waals surface area contributed by atoms with E-state index in [1.807, 2.05) is 0 Å². The minimum atomic E-state index is -5.05. The van der Waals surface area contributed by atoms with Gasteiger partial charge in [-0.25, -0.2) is 0 Å². The van der Waals surface area contributed by atoms with Crippen molar-refractivity contribution in [2.24, 2.45) is 0 Å². The summed E-state index contributed by atoms with van der Waals surface area (Å²) in [6, 6.07) is 12.4. The summed E-state index contributed by atoms with van der Waals surface area (Å²) in [6.45, 7) is 0. The second-order valence-electron chi connectivity index (χ2n) is 6.36. The van der Waals surface area contributed by atoms with Crippen LogP contribution in [0.25, 0.3) is 22.4 Å². The Labute approximate surface area is 176 Å². The van der Waals surface area contributed by atoms with E-state index in [9.17, 15) is 31.1 Å². The first-order chi connectivity index (χ1) is 14.9. The molecule has 0 saturated carbocycles. The van der Waals surface area contributed by atoms with Gasteiger partial charge >= 0.3 is 18.7 Å². The van der Waals surface area contributed by atoms with Gasteiger partial charge in [-0.1, -0.05) is 36.4 Å². The van der Waals surface area contributed by atoms with Crippen molar-refractivity contribution in [3.8, 4) is 33.9 Å². The normalized spacial score (nSPS) is 11.8. The summed E-state index contributed by atoms with van der Waals surface area (Å²) in [5, 5.41) is 9.04. The van der Waals surface area contributed by atoms with Crippen molar-refractivity contribution in [2.45, 2.75) is 19.1 Å². The molecule has 1 N–H and O–H groups in total. The highest BCUT2D eigenvalue weighted by molar-refractivity contribution is 5.86. The third kappa shape index (κ3) is 5.90. The van der Waals surface area contributed by atoms with Crippen molar-refractivity contribution in [1.29, 1.82) is 0 Å². The maximum atomic E-state index is 12.9. The van der Waals surface area contributed by atoms with Crippen LogP contribution in [0.2, 0.25) is 0 Å². The number of halogens is 6. The van der Waals surface area contributed by atoms with Crippen LogP contribution >= 0.6 is 0 Å². The van der Waals surface area contributed by atoms with Gasteiger partial charge in [0.2, 0.25) is 0 Å². The Morgan fingerprint density at radius 3 is 1.78 bits per heavy atom. The second kappa shape index (κ2) is 8.77. The minimum Gasteiger partial charge on any atom is -0.481 e. The topological polar surface area (TPSA) is 68.7 Å². The van der Waals surface area contributed by atoms with Gasteiger partial charge in [-0.15, -0.1) is 26.3 Å². The lowest BCUT2D eigenvalue weighted by Gasteiger charge is -2.18. The quantitative estimate of drug-likeness (QED) is 0.471. The number of alkyl halides is 6. The summed E-state index contributed by atoms with van der Waals surface area (Å²) in [6.07, 6.45) is -10.6. The fourth-order valence-corrected chi connectivity index (χ4v) is 2.95. The molecule has 0 aliphatic carbocycles. The van der Waals surface area contributed by atoms with Gasteiger partial charge in [-0.05, 0) is 24.3 Å². The number of ether oxygens (including phenoxy) is 2. The van der Waals surface area contributed by atoms with Crippen LogP contribution < -0.4 is 9.47 Å². The number of carboxylic acid groups (broad SMARTS) is 1. The first kappa shape index (κ1) is 22.9. The number of benzene rings is 2. The summed E-state index contributed by atoms with van der Waals surface area (Å²) in [4.78, 5) is 15.2. The van der Waals surface area contributed by atoms with Gasteiger partial charge in [0.05, 0.1) is 17.8 Å². The van der Waals surface area contributed by atoms with E-state index in [1.54, 1.807) is 0 Å². The van der Waals surface area contributed by atoms with Gasteiger partial charge in [0.15, 0.2) is 0 Å². The molecule has 0 amide bonds. The van der Waals surface area contributed by atoms with Crippen molar-refractivity contribution in [3.63, 3.8) is 0 Å². The number of pyridine rings is 1. The Balaban J connectivity index is 2.25. The van der Waals surface area contributed by atoms with Crippen molar-refractivity contribution >= 4 is 5.97 Å². The number of aliphatic carboxylic acids is 1. The van der Waals surface area contributed by atoms with Crippen molar-refractivity contribution in [1.82, 2.24) is 4.98 Å². The molecule has 0 fully saturated rings. The van der Waals surface area contributed by atoms with Crippen molar-refractivity contribution in [2.75, 3.05) is 0 Å². The Morgan fingerprint density at radius 1 is 0.750 bits per heavy atom. The lowest BCUT2D eigenvalue weighted by atomic mass is 9.97. The molecule has 168 valence electrons. The van der Waals surface area contributed by atoms with E-state index >= 15 is 0 Å². The van der Waals surface area contributed by atoms with Crippen LogP contribution in [0.15, 0.2) is 60.7 Å². The molecule has 1 heterocycles. The van der Waals surface area contributed by atoms with Gasteiger partial charge < -0.3 is 14.6 Å². The van der Waals surface area contributed by atoms with Crippen LogP contribution in [0.4, 0.5) is 26.3 Å². The van der Waals surface area contributed by atoms with Crippen LogP contribution in [0.3, 0.4) is 0 Å². The molecule has 5 nitrogen and oxygen atoms in total. The van der Waals surface area contributed by atoms with Crippen LogP contribution in [0, 0.1) is 0 Å². The number of para-hydroxylation sites is 2. The monoisotopic (exact) mass is 457 g/mol. The molecule has 3 rings (SSSR count). The fourth-order valence-electron chi connectivity index (χ4n) is 2.95. The molecule has 1 aromatic heterocycles. The number of aromatic nitrogens is 1. The molecule has 0 aliphatic heterocycles. The van der Waals surface area contributed by atoms with E-state index in [0.717, 1.165) is 12.1 Å². The fraction of sp³-hybridized carbons (Fsp3) is 0.143. The average molecular weight is 457 g/mol. The molecular formula is C21H13F6NO4. The zero-order valence-corrected chi connectivity index (χ0v) is 15.9. The highest BCUT2D eigenvalue weighted by Gasteiger charge is 2.34. The van der Waals surface area contributed by atoms with E-state index < -0.39 is 36.6 Å². The molecule has 0 radical (unpaired) electrons. The predicted octanol–water partition coefficient (Wildman–Crippen LogP) is 5.84. The number of nitrogens with zero attached hydrogens (tertiary/aromatic N) is 1. The van der Waals surface area contributed by atoms with E-state index in [-0.39, 0.29) is 28.1 Å². The van der Waals surface area contributed by atoms with Gasteiger partial charge in [0.25, 0.3) is 0 Å². The van der Waals surface area contributed by atoms with Gasteiger partial charge in [-0.2, -0.15) is 0 Å². The number of rotatable bonds is 6. The number of carbonyl (C=O) groups is 1. The Hall–Kier alpha value is -3.76. The lowest BCUT2D eigenvalue weighted by molar-refractivity contribution is -0.275. The summed E-state index contributed by atoms with van der Waals surface area (Å²) in [5.74, 6) is -2.52. The standard InChI is InChI=1S/C21H13F6NO4/c22-20(23,24)31-16-7-3-1-5-13(16)14-10-9-12(11-18(29)30)28-19(14)15-6-2-4-8-17(15)32-21(25,26)27/h1-10H,11H2,(H,29,30). The van der Waals surface area contributed by atoms with Gasteiger partial charge in [0.1, 0.15) is 11.5 Å². The van der Waals surface area contributed by atoms with Crippen LogP contribution in [-0.2, 0) is 11.2 Å². The highest BCUT2D eigenvalue weighted by atomic mass is 19.4. The molecule has 11 heteroatoms. The number of hydrogen-bond acceptors (Lipinski definition) is 4. The number of carboxylic acids is 1. The molecule has 0 bridgehead atoms. The third-order valence-corrected chi connectivity index (χ3v) is 4.06. The SMILES string of the molecule is O=C(O)Cc1ccc(-c2ccccc2OC(F)(F)F)c(-c2ccccc2OC(F)(F)F)n1. The Morgan fingerprint density at radius 2 is 1.25 bits per heavy atom. The van der Waals surface area contributed by atoms with E-state index in [4.69, 9.17) is 5.11 Å². The van der Waals surface area contributed by atoms with Crippen molar-refractivity contribution < 1.29 is 45.7 Å². The van der Waals surface area contributed by atoms with E-state index in [0.29, 0.717) is 0 Å². The molecule has 2 aromatic carbocycles. The first-order valence-electron chi connectivity index (χ1n) is 8.85. The zero-order chi connectivity index (χ0) is 23.5. The summed E-state index contributed by atoms with van der Waals surface area (Å²) >= 11 is 0. The maximum absolute atomic E-state index is 12.9. The smallest absolute Gasteiger partial charge is 0.481 e. The Bertz CT molecular complexity index is 1130. The van der Waals surface area contributed by atoms with Crippen molar-refractivity contribution in [3.05, 3.63) is 66.4 Å². The van der Waals surface area contributed by atoms with E-state index in [2.05, 4.69) is 14.5 Å². The molecule has 0 spiro atoms. The lowest BCUT2D eigenvalue weighted by Crippen LogP contribution is -2.18. The largest absolute Gasteiger partial charge is 0.573 e. The molecule has 3 aromatic rings. The second-order valence-corrected chi connectivity index (χ2v) is 6.36. The van der Waals surface area contributed by atoms with Gasteiger partial charge in [0, 0.05) is 16.7 Å². The molecular weight excluding hydrogens is 444 g/mol. The average Bonchev–Trinajstić information content (AvgIpc) is 2.66. The minimum absolute atomic E-state index is 0.0165. The van der Waals surface area contributed by atoms with Crippen LogP contribution in [-0.4, -0.2) is 28.8 Å². The van der Waals surface area contributed by atoms with Crippen LogP contribution in [0.1, 0.15) is 5.69 Å². The molecule has 0 aliphatic rings. The molecule has 0 atom stereocenters. The zero-order valence-electron chi connectivity index (χ0n) is 15.9.